The Morgan fingerprint density at radius 2 is 1.92 bits per heavy atom. The van der Waals surface area contributed by atoms with Crippen molar-refractivity contribution in [1.82, 2.24) is 15.6 Å². The largest absolute Gasteiger partial charge is 0.496 e. The van der Waals surface area contributed by atoms with Crippen LogP contribution < -0.4 is 15.4 Å². The molecule has 1 aromatic carbocycles. The fourth-order valence-corrected chi connectivity index (χ4v) is 2.16. The van der Waals surface area contributed by atoms with E-state index in [-0.39, 0.29) is 23.6 Å². The Hall–Kier alpha value is -2.89. The molecule has 0 saturated carbocycles. The van der Waals surface area contributed by atoms with Crippen LogP contribution in [0.15, 0.2) is 42.6 Å². The highest BCUT2D eigenvalue weighted by molar-refractivity contribution is 5.98. The van der Waals surface area contributed by atoms with E-state index >= 15 is 0 Å². The Kier molecular flexibility index (Phi) is 5.89. The summed E-state index contributed by atoms with van der Waals surface area (Å²) in [5.74, 6) is 0.135. The van der Waals surface area contributed by atoms with E-state index in [2.05, 4.69) is 15.6 Å². The van der Waals surface area contributed by atoms with Crippen molar-refractivity contribution < 1.29 is 14.3 Å². The molecule has 2 aromatic rings. The van der Waals surface area contributed by atoms with Gasteiger partial charge >= 0.3 is 0 Å². The summed E-state index contributed by atoms with van der Waals surface area (Å²) < 4.78 is 5.26. The fraction of sp³-hybridized carbons (Fsp3) is 0.278. The van der Waals surface area contributed by atoms with Crippen molar-refractivity contribution in [3.8, 4) is 5.75 Å². The van der Waals surface area contributed by atoms with Crippen LogP contribution in [0.25, 0.3) is 0 Å². The zero-order valence-electron chi connectivity index (χ0n) is 14.0. The van der Waals surface area contributed by atoms with E-state index in [1.807, 2.05) is 38.1 Å². The number of benzene rings is 1. The van der Waals surface area contributed by atoms with Gasteiger partial charge in [0.25, 0.3) is 11.8 Å². The molecule has 0 aliphatic heterocycles. The number of carbonyl (C=O) groups is 2. The zero-order valence-corrected chi connectivity index (χ0v) is 14.0. The molecule has 0 fully saturated rings. The lowest BCUT2D eigenvalue weighted by Gasteiger charge is -2.10. The topological polar surface area (TPSA) is 80.3 Å². The summed E-state index contributed by atoms with van der Waals surface area (Å²) in [6, 6.07) is 10.5. The first-order valence-corrected chi connectivity index (χ1v) is 7.68. The Bertz CT molecular complexity index is 729. The van der Waals surface area contributed by atoms with Gasteiger partial charge in [-0.1, -0.05) is 18.2 Å². The summed E-state index contributed by atoms with van der Waals surface area (Å²) in [6.07, 6.45) is 1.45. The van der Waals surface area contributed by atoms with Crippen molar-refractivity contribution in [2.24, 2.45) is 0 Å². The van der Waals surface area contributed by atoms with Gasteiger partial charge in [-0.3, -0.25) is 14.6 Å². The number of pyridine rings is 1. The number of rotatable bonds is 6. The van der Waals surface area contributed by atoms with Crippen LogP contribution in [0.4, 0.5) is 0 Å². The average Bonchev–Trinajstić information content (AvgIpc) is 2.59. The summed E-state index contributed by atoms with van der Waals surface area (Å²) in [5, 5.41) is 5.57. The smallest absolute Gasteiger partial charge is 0.270 e. The molecule has 6 heteroatoms. The lowest BCUT2D eigenvalue weighted by Crippen LogP contribution is -2.31. The minimum Gasteiger partial charge on any atom is -0.496 e. The molecule has 0 atom stereocenters. The SMILES string of the molecule is COc1ccccc1CNC(=O)c1ccnc(C(=O)NC(C)C)c1. The van der Waals surface area contributed by atoms with Crippen molar-refractivity contribution >= 4 is 11.8 Å². The standard InChI is InChI=1S/C18H21N3O3/c1-12(2)21-18(23)15-10-13(8-9-19-15)17(22)20-11-14-6-4-5-7-16(14)24-3/h4-10,12H,11H2,1-3H3,(H,20,22)(H,21,23). The Morgan fingerprint density at radius 1 is 1.17 bits per heavy atom. The summed E-state index contributed by atoms with van der Waals surface area (Å²) in [5.41, 5.74) is 1.47. The van der Waals surface area contributed by atoms with E-state index in [0.29, 0.717) is 17.9 Å². The second kappa shape index (κ2) is 8.10. The molecule has 6 nitrogen and oxygen atoms in total. The van der Waals surface area contributed by atoms with Gasteiger partial charge in [0.15, 0.2) is 0 Å². The third-order valence-corrected chi connectivity index (χ3v) is 3.31. The van der Waals surface area contributed by atoms with Gasteiger partial charge in [-0.05, 0) is 32.0 Å². The van der Waals surface area contributed by atoms with Gasteiger partial charge in [0.05, 0.1) is 7.11 Å². The van der Waals surface area contributed by atoms with E-state index in [9.17, 15) is 9.59 Å². The molecule has 2 N–H and O–H groups in total. The highest BCUT2D eigenvalue weighted by Crippen LogP contribution is 2.16. The minimum absolute atomic E-state index is 0.00216. The first kappa shape index (κ1) is 17.5. The van der Waals surface area contributed by atoms with Crippen molar-refractivity contribution in [2.75, 3.05) is 7.11 Å². The van der Waals surface area contributed by atoms with E-state index in [1.54, 1.807) is 13.2 Å². The van der Waals surface area contributed by atoms with Crippen LogP contribution >= 0.6 is 0 Å². The number of hydrogen-bond donors (Lipinski definition) is 2. The van der Waals surface area contributed by atoms with E-state index in [4.69, 9.17) is 4.74 Å². The number of nitrogens with zero attached hydrogens (tertiary/aromatic N) is 1. The Morgan fingerprint density at radius 3 is 2.62 bits per heavy atom. The normalized spacial score (nSPS) is 10.3. The molecule has 0 unspecified atom stereocenters. The number of para-hydroxylation sites is 1. The number of amides is 2. The second-order valence-corrected chi connectivity index (χ2v) is 5.55. The molecular weight excluding hydrogens is 306 g/mol. The first-order valence-electron chi connectivity index (χ1n) is 7.68. The lowest BCUT2D eigenvalue weighted by atomic mass is 10.1. The summed E-state index contributed by atoms with van der Waals surface area (Å²) in [7, 11) is 1.59. The predicted octanol–water partition coefficient (Wildman–Crippen LogP) is 2.16. The van der Waals surface area contributed by atoms with Gasteiger partial charge in [0.2, 0.25) is 0 Å². The number of hydrogen-bond acceptors (Lipinski definition) is 4. The number of aromatic nitrogens is 1. The molecule has 1 heterocycles. The third kappa shape index (κ3) is 4.55. The molecule has 2 rings (SSSR count). The molecule has 0 radical (unpaired) electrons. The molecule has 0 aliphatic carbocycles. The van der Waals surface area contributed by atoms with Crippen molar-refractivity contribution in [3.63, 3.8) is 0 Å². The lowest BCUT2D eigenvalue weighted by molar-refractivity contribution is 0.0938. The second-order valence-electron chi connectivity index (χ2n) is 5.55. The first-order chi connectivity index (χ1) is 11.5. The van der Waals surface area contributed by atoms with Crippen molar-refractivity contribution in [2.45, 2.75) is 26.4 Å². The van der Waals surface area contributed by atoms with Crippen LogP contribution in [0.3, 0.4) is 0 Å². The maximum Gasteiger partial charge on any atom is 0.270 e. The fourth-order valence-electron chi connectivity index (χ4n) is 2.16. The van der Waals surface area contributed by atoms with Gasteiger partial charge in [-0.2, -0.15) is 0 Å². The van der Waals surface area contributed by atoms with Gasteiger partial charge < -0.3 is 15.4 Å². The molecule has 0 bridgehead atoms. The summed E-state index contributed by atoms with van der Waals surface area (Å²) >= 11 is 0. The van der Waals surface area contributed by atoms with Crippen LogP contribution in [0.2, 0.25) is 0 Å². The summed E-state index contributed by atoms with van der Waals surface area (Å²) in [6.45, 7) is 4.06. The molecule has 0 spiro atoms. The van der Waals surface area contributed by atoms with E-state index < -0.39 is 0 Å². The van der Waals surface area contributed by atoms with Crippen LogP contribution in [-0.2, 0) is 6.54 Å². The van der Waals surface area contributed by atoms with Crippen molar-refractivity contribution in [3.05, 3.63) is 59.4 Å². The average molecular weight is 327 g/mol. The number of methoxy groups -OCH3 is 1. The van der Waals surface area contributed by atoms with Gasteiger partial charge in [0, 0.05) is 29.9 Å². The maximum atomic E-state index is 12.3. The molecule has 24 heavy (non-hydrogen) atoms. The maximum absolute atomic E-state index is 12.3. The number of carbonyl (C=O) groups excluding carboxylic acids is 2. The summed E-state index contributed by atoms with van der Waals surface area (Å²) in [4.78, 5) is 28.3. The predicted molar refractivity (Wildman–Crippen MR) is 91.0 cm³/mol. The third-order valence-electron chi connectivity index (χ3n) is 3.31. The highest BCUT2D eigenvalue weighted by atomic mass is 16.5. The minimum atomic E-state index is -0.302. The molecule has 1 aromatic heterocycles. The number of nitrogens with one attached hydrogen (secondary N) is 2. The van der Waals surface area contributed by atoms with Crippen LogP contribution in [0.1, 0.15) is 40.3 Å². The van der Waals surface area contributed by atoms with Crippen molar-refractivity contribution in [1.29, 1.82) is 0 Å². The molecular formula is C18H21N3O3. The van der Waals surface area contributed by atoms with E-state index in [0.717, 1.165) is 5.56 Å². The van der Waals surface area contributed by atoms with Crippen LogP contribution in [-0.4, -0.2) is 29.9 Å². The Labute approximate surface area is 141 Å². The molecule has 2 amide bonds. The molecule has 0 aliphatic rings. The Balaban J connectivity index is 2.06. The molecule has 126 valence electrons. The van der Waals surface area contributed by atoms with Gasteiger partial charge in [-0.15, -0.1) is 0 Å². The molecule has 0 saturated heterocycles. The number of ether oxygens (including phenoxy) is 1. The van der Waals surface area contributed by atoms with Crippen LogP contribution in [0, 0.1) is 0 Å². The van der Waals surface area contributed by atoms with Gasteiger partial charge in [0.1, 0.15) is 11.4 Å². The van der Waals surface area contributed by atoms with Crippen LogP contribution in [0.5, 0.6) is 5.75 Å². The van der Waals surface area contributed by atoms with E-state index in [1.165, 1.54) is 12.3 Å². The quantitative estimate of drug-likeness (QED) is 0.852. The highest BCUT2D eigenvalue weighted by Gasteiger charge is 2.13. The van der Waals surface area contributed by atoms with Gasteiger partial charge in [-0.25, -0.2) is 0 Å². The zero-order chi connectivity index (χ0) is 17.5. The monoisotopic (exact) mass is 327 g/mol.